The van der Waals surface area contributed by atoms with Gasteiger partial charge in [-0.05, 0) is 37.8 Å². The molecule has 0 unspecified atom stereocenters. The number of unbranched alkanes of at least 4 members (excludes halogenated alkanes) is 9. The minimum atomic E-state index is 0.218. The zero-order chi connectivity index (χ0) is 14.7. The fourth-order valence-corrected chi connectivity index (χ4v) is 2.15. The zero-order valence-corrected chi connectivity index (χ0v) is 13.4. The van der Waals surface area contributed by atoms with Crippen LogP contribution in [-0.4, -0.2) is 11.7 Å². The fourth-order valence-electron chi connectivity index (χ4n) is 2.15. The molecule has 0 atom stereocenters. The van der Waals surface area contributed by atoms with Crippen LogP contribution in [0.4, 0.5) is 0 Å². The Labute approximate surface area is 126 Å². The molecule has 0 heterocycles. The van der Waals surface area contributed by atoms with Gasteiger partial charge >= 0.3 is 0 Å². The van der Waals surface area contributed by atoms with Crippen molar-refractivity contribution in [1.82, 2.24) is 0 Å². The summed E-state index contributed by atoms with van der Waals surface area (Å²) in [5, 5.41) is 8.58. The summed E-state index contributed by atoms with van der Waals surface area (Å²) in [5.41, 5.74) is 3.06. The van der Waals surface area contributed by atoms with E-state index in [4.69, 9.17) is 5.11 Å². The van der Waals surface area contributed by atoms with Gasteiger partial charge in [0.15, 0.2) is 0 Å². The molecule has 0 rings (SSSR count). The van der Waals surface area contributed by atoms with Crippen molar-refractivity contribution in [3.05, 3.63) is 30.0 Å². The average Bonchev–Trinajstić information content (AvgIpc) is 2.47. The first-order valence-corrected chi connectivity index (χ1v) is 8.57. The largest absolute Gasteiger partial charge is 0.396 e. The molecule has 0 radical (unpaired) electrons. The van der Waals surface area contributed by atoms with E-state index in [9.17, 15) is 0 Å². The van der Waals surface area contributed by atoms with E-state index in [1.807, 2.05) is 12.2 Å². The second kappa shape index (κ2) is 18.2. The monoisotopic (exact) mass is 278 g/mol. The Morgan fingerprint density at radius 3 is 2.05 bits per heavy atom. The lowest BCUT2D eigenvalue weighted by molar-refractivity contribution is 0.302. The number of hydrogen-bond acceptors (Lipinski definition) is 1. The molecular weight excluding hydrogens is 244 g/mol. The van der Waals surface area contributed by atoms with Gasteiger partial charge in [0.25, 0.3) is 0 Å². The Morgan fingerprint density at radius 1 is 0.750 bits per heavy atom. The van der Waals surface area contributed by atoms with E-state index < -0.39 is 0 Å². The van der Waals surface area contributed by atoms with Gasteiger partial charge in [-0.2, -0.15) is 0 Å². The van der Waals surface area contributed by atoms with Gasteiger partial charge in [-0.25, -0.2) is 0 Å². The van der Waals surface area contributed by atoms with E-state index in [-0.39, 0.29) is 6.61 Å². The summed E-state index contributed by atoms with van der Waals surface area (Å²) in [6, 6.07) is 0. The smallest absolute Gasteiger partial charge is 0.0471 e. The Balaban J connectivity index is 3.17. The number of aliphatic hydroxyl groups is 1. The summed E-state index contributed by atoms with van der Waals surface area (Å²) in [6.45, 7) is 2.49. The van der Waals surface area contributed by atoms with Gasteiger partial charge in [-0.15, -0.1) is 5.73 Å². The Morgan fingerprint density at radius 2 is 1.40 bits per heavy atom. The topological polar surface area (TPSA) is 20.2 Å². The minimum Gasteiger partial charge on any atom is -0.396 e. The second-order valence-corrected chi connectivity index (χ2v) is 5.41. The van der Waals surface area contributed by atoms with Crippen LogP contribution in [0.1, 0.15) is 84.0 Å². The van der Waals surface area contributed by atoms with Crippen LogP contribution in [0.3, 0.4) is 0 Å². The second-order valence-electron chi connectivity index (χ2n) is 5.41. The van der Waals surface area contributed by atoms with Crippen molar-refractivity contribution in [2.45, 2.75) is 84.0 Å². The van der Waals surface area contributed by atoms with Crippen LogP contribution < -0.4 is 0 Å². The van der Waals surface area contributed by atoms with E-state index in [1.165, 1.54) is 64.2 Å². The molecule has 0 saturated carbocycles. The summed E-state index contributed by atoms with van der Waals surface area (Å²) >= 11 is 0. The van der Waals surface area contributed by atoms with Crippen molar-refractivity contribution >= 4 is 0 Å². The molecule has 0 aliphatic carbocycles. The Hall–Kier alpha value is -0.780. The highest BCUT2D eigenvalue weighted by Crippen LogP contribution is 2.10. The van der Waals surface area contributed by atoms with Crippen LogP contribution in [0.15, 0.2) is 30.0 Å². The molecule has 0 amide bonds. The fraction of sp³-hybridized carbons (Fsp3) is 0.737. The lowest BCUT2D eigenvalue weighted by Gasteiger charge is -2.00. The maximum atomic E-state index is 8.58. The molecule has 20 heavy (non-hydrogen) atoms. The van der Waals surface area contributed by atoms with Gasteiger partial charge in [-0.3, -0.25) is 0 Å². The molecule has 0 aromatic carbocycles. The number of rotatable bonds is 14. The van der Waals surface area contributed by atoms with Crippen molar-refractivity contribution in [2.75, 3.05) is 6.61 Å². The standard InChI is InChI=1S/C19H34O/c1-2-3-4-5-6-7-8-9-10-11-12-13-14-15-16-17-18-19-20/h12-13,15,17,20H,2-11,14,18-19H2,1H3/b13-12-. The molecule has 0 spiro atoms. The minimum absolute atomic E-state index is 0.218. The van der Waals surface area contributed by atoms with Crippen molar-refractivity contribution in [2.24, 2.45) is 0 Å². The molecule has 0 aliphatic rings. The molecule has 1 nitrogen and oxygen atoms in total. The van der Waals surface area contributed by atoms with Crippen molar-refractivity contribution in [1.29, 1.82) is 0 Å². The van der Waals surface area contributed by atoms with Gasteiger partial charge in [-0.1, -0.05) is 70.4 Å². The van der Waals surface area contributed by atoms with Crippen LogP contribution in [0.25, 0.3) is 0 Å². The Kier molecular flexibility index (Phi) is 17.5. The van der Waals surface area contributed by atoms with Gasteiger partial charge in [0.1, 0.15) is 0 Å². The molecule has 0 saturated heterocycles. The van der Waals surface area contributed by atoms with Crippen LogP contribution in [0, 0.1) is 0 Å². The predicted molar refractivity (Wildman–Crippen MR) is 90.0 cm³/mol. The summed E-state index contributed by atoms with van der Waals surface area (Å²) < 4.78 is 0. The van der Waals surface area contributed by atoms with Crippen molar-refractivity contribution in [3.8, 4) is 0 Å². The first-order chi connectivity index (χ1) is 9.91. The van der Waals surface area contributed by atoms with Gasteiger partial charge < -0.3 is 5.11 Å². The van der Waals surface area contributed by atoms with Crippen LogP contribution in [0.5, 0.6) is 0 Å². The van der Waals surface area contributed by atoms with Crippen molar-refractivity contribution < 1.29 is 5.11 Å². The van der Waals surface area contributed by atoms with Crippen LogP contribution >= 0.6 is 0 Å². The maximum Gasteiger partial charge on any atom is 0.0471 e. The lowest BCUT2D eigenvalue weighted by atomic mass is 10.1. The first-order valence-electron chi connectivity index (χ1n) is 8.57. The lowest BCUT2D eigenvalue weighted by Crippen LogP contribution is -1.80. The van der Waals surface area contributed by atoms with Crippen LogP contribution in [0.2, 0.25) is 0 Å². The third-order valence-electron chi connectivity index (χ3n) is 3.40. The van der Waals surface area contributed by atoms with Crippen molar-refractivity contribution in [3.63, 3.8) is 0 Å². The van der Waals surface area contributed by atoms with Gasteiger partial charge in [0, 0.05) is 6.61 Å². The molecule has 1 heteroatoms. The Bertz CT molecular complexity index is 259. The highest BCUT2D eigenvalue weighted by Gasteiger charge is 1.90. The SMILES string of the molecule is CCCCCCCCCCC/C=C\CC=C=CCCO. The number of hydrogen-bond donors (Lipinski definition) is 1. The summed E-state index contributed by atoms with van der Waals surface area (Å²) in [6.07, 6.45) is 23.9. The predicted octanol–water partition coefficient (Wildman–Crippen LogP) is 5.95. The molecule has 116 valence electrons. The van der Waals surface area contributed by atoms with Crippen LogP contribution in [-0.2, 0) is 0 Å². The third-order valence-corrected chi connectivity index (χ3v) is 3.40. The zero-order valence-electron chi connectivity index (χ0n) is 13.4. The quantitative estimate of drug-likeness (QED) is 0.236. The highest BCUT2D eigenvalue weighted by atomic mass is 16.2. The van der Waals surface area contributed by atoms with E-state index >= 15 is 0 Å². The first kappa shape index (κ1) is 19.2. The molecule has 1 N–H and O–H groups in total. The molecule has 0 aromatic rings. The molecule has 0 aromatic heterocycles. The number of allylic oxidation sites excluding steroid dienone is 2. The normalized spacial score (nSPS) is 10.7. The highest BCUT2D eigenvalue weighted by molar-refractivity contribution is 4.93. The third kappa shape index (κ3) is 17.2. The van der Waals surface area contributed by atoms with E-state index in [0.717, 1.165) is 6.42 Å². The molecule has 0 fully saturated rings. The van der Waals surface area contributed by atoms with Gasteiger partial charge in [0.05, 0.1) is 0 Å². The van der Waals surface area contributed by atoms with E-state index in [0.29, 0.717) is 6.42 Å². The summed E-state index contributed by atoms with van der Waals surface area (Å²) in [7, 11) is 0. The average molecular weight is 278 g/mol. The van der Waals surface area contributed by atoms with Gasteiger partial charge in [0.2, 0.25) is 0 Å². The molecule has 0 bridgehead atoms. The molecular formula is C19H34O. The summed E-state index contributed by atoms with van der Waals surface area (Å²) in [4.78, 5) is 0. The molecule has 0 aliphatic heterocycles. The summed E-state index contributed by atoms with van der Waals surface area (Å²) in [5.74, 6) is 0. The van der Waals surface area contributed by atoms with E-state index in [1.54, 1.807) is 0 Å². The number of aliphatic hydroxyl groups excluding tert-OH is 1. The maximum absolute atomic E-state index is 8.58. The van der Waals surface area contributed by atoms with E-state index in [2.05, 4.69) is 24.8 Å².